The van der Waals surface area contributed by atoms with E-state index in [-0.39, 0.29) is 51.9 Å². The predicted molar refractivity (Wildman–Crippen MR) is 171 cm³/mol. The number of imide groups is 2. The third kappa shape index (κ3) is 4.55. The van der Waals surface area contributed by atoms with Crippen LogP contribution in [-0.4, -0.2) is 50.0 Å². The molecule has 2 aliphatic heterocycles. The summed E-state index contributed by atoms with van der Waals surface area (Å²) < 4.78 is 78.9. The average Bonchev–Trinajstić information content (AvgIpc) is 3.45. The van der Waals surface area contributed by atoms with Crippen molar-refractivity contribution in [3.05, 3.63) is 98.9 Å². The molecule has 3 aromatic carbocycles. The molecule has 18 heteroatoms. The van der Waals surface area contributed by atoms with Gasteiger partial charge in [-0.2, -0.15) is 0 Å². The van der Waals surface area contributed by atoms with Gasteiger partial charge in [0.1, 0.15) is 5.69 Å². The molecule has 11 nitrogen and oxygen atoms in total. The van der Waals surface area contributed by atoms with Crippen LogP contribution in [0.15, 0.2) is 54.1 Å². The summed E-state index contributed by atoms with van der Waals surface area (Å²) >= 11 is 14.2. The minimum Gasteiger partial charge on any atom is -0.504 e. The minimum absolute atomic E-state index is 0.000635. The Morgan fingerprint density at radius 3 is 2.10 bits per heavy atom. The lowest BCUT2D eigenvalue weighted by molar-refractivity contribution is -0.384. The maximum absolute atomic E-state index is 15.2. The molecule has 7 rings (SSSR count). The maximum Gasteiger partial charge on any atom is 0.269 e. The van der Waals surface area contributed by atoms with Gasteiger partial charge >= 0.3 is 0 Å². The van der Waals surface area contributed by atoms with Crippen molar-refractivity contribution in [2.75, 3.05) is 16.4 Å². The number of phenolic OH excluding ortho intramolecular Hbond substituents is 1. The van der Waals surface area contributed by atoms with Crippen molar-refractivity contribution < 1.29 is 55.9 Å². The number of fused-ring (bicyclic) bond motifs is 4. The molecule has 6 atom stereocenters. The summed E-state index contributed by atoms with van der Waals surface area (Å²) in [5.74, 6) is -22.9. The summed E-state index contributed by atoms with van der Waals surface area (Å²) in [5.41, 5.74) is -2.00. The van der Waals surface area contributed by atoms with Gasteiger partial charge in [-0.05, 0) is 55.5 Å². The maximum atomic E-state index is 15.2. The van der Waals surface area contributed by atoms with Crippen LogP contribution in [0.5, 0.6) is 11.5 Å². The summed E-state index contributed by atoms with van der Waals surface area (Å²) in [5, 5.41) is 21.7. The van der Waals surface area contributed by atoms with E-state index in [0.29, 0.717) is 0 Å². The molecule has 0 radical (unpaired) electrons. The molecule has 52 heavy (non-hydrogen) atoms. The normalized spacial score (nSPS) is 28.1. The third-order valence-corrected chi connectivity index (χ3v) is 11.6. The molecule has 3 fully saturated rings. The number of amides is 4. The molecule has 4 aliphatic rings. The summed E-state index contributed by atoms with van der Waals surface area (Å²) in [6.45, 7) is 1.64. The van der Waals surface area contributed by atoms with Crippen LogP contribution in [-0.2, 0) is 19.2 Å². The van der Waals surface area contributed by atoms with Gasteiger partial charge in [0.15, 0.2) is 44.5 Å². The number of alkyl halides is 2. The standard InChI is InChI=1S/C34H22Cl2F5N3O8/c1-2-52-20-11-13(3-10-19(20)45)22-16-8-9-17-21(30(47)42(29(17)46)14-4-6-15(7-5-14)44(50)51)18(16)12-33(35)31(48)43(32(49)34(22,33)36)28-26(40)24(38)23(37)25(39)27(28)41/h3-8,10-11,17-18,21-22,45H,2,9,12H2,1H3/t17-,18+,21-,22-,33+,34-/m0/s1. The first kappa shape index (κ1) is 35.3. The van der Waals surface area contributed by atoms with Crippen molar-refractivity contribution >= 4 is 63.9 Å². The van der Waals surface area contributed by atoms with E-state index in [2.05, 4.69) is 0 Å². The number of ether oxygens (including phenoxy) is 1. The van der Waals surface area contributed by atoms with Gasteiger partial charge in [0.25, 0.3) is 17.5 Å². The number of nitro benzene ring substituents is 1. The highest BCUT2D eigenvalue weighted by Crippen LogP contribution is 2.66. The number of rotatable bonds is 6. The second kappa shape index (κ2) is 12.0. The lowest BCUT2D eigenvalue weighted by atomic mass is 9.56. The fourth-order valence-corrected chi connectivity index (χ4v) is 8.84. The van der Waals surface area contributed by atoms with Gasteiger partial charge in [-0.15, -0.1) is 23.2 Å². The van der Waals surface area contributed by atoms with E-state index in [1.54, 1.807) is 6.92 Å². The number of anilines is 2. The highest BCUT2D eigenvalue weighted by Gasteiger charge is 2.77. The molecule has 2 saturated heterocycles. The van der Waals surface area contributed by atoms with Crippen molar-refractivity contribution in [2.45, 2.75) is 35.4 Å². The molecular weight excluding hydrogens is 744 g/mol. The lowest BCUT2D eigenvalue weighted by Gasteiger charge is -2.50. The summed E-state index contributed by atoms with van der Waals surface area (Å²) in [6, 6.07) is 8.27. The molecular formula is C34H22Cl2F5N3O8. The van der Waals surface area contributed by atoms with E-state index in [9.17, 15) is 47.6 Å². The number of hydrogen-bond donors (Lipinski definition) is 1. The first-order valence-electron chi connectivity index (χ1n) is 15.6. The second-order valence-electron chi connectivity index (χ2n) is 12.6. The molecule has 0 spiro atoms. The van der Waals surface area contributed by atoms with Crippen LogP contribution in [0.2, 0.25) is 0 Å². The zero-order valence-electron chi connectivity index (χ0n) is 26.3. The van der Waals surface area contributed by atoms with Crippen LogP contribution in [0.4, 0.5) is 39.0 Å². The Morgan fingerprint density at radius 1 is 0.885 bits per heavy atom. The van der Waals surface area contributed by atoms with Gasteiger partial charge in [0.2, 0.25) is 17.6 Å². The summed E-state index contributed by atoms with van der Waals surface area (Å²) in [4.78, 5) is 62.2. The van der Waals surface area contributed by atoms with E-state index in [1.807, 2.05) is 0 Å². The second-order valence-corrected chi connectivity index (χ2v) is 13.9. The number of carbonyl (C=O) groups is 4. The molecule has 1 N–H and O–H groups in total. The number of allylic oxidation sites excluding steroid dienone is 2. The third-order valence-electron chi connectivity index (χ3n) is 10.2. The van der Waals surface area contributed by atoms with Gasteiger partial charge in [0.05, 0.1) is 29.1 Å². The summed E-state index contributed by atoms with van der Waals surface area (Å²) in [6.07, 6.45) is 0.665. The van der Waals surface area contributed by atoms with E-state index in [0.717, 1.165) is 23.1 Å². The van der Waals surface area contributed by atoms with Crippen LogP contribution < -0.4 is 14.5 Å². The Balaban J connectivity index is 1.42. The van der Waals surface area contributed by atoms with Crippen LogP contribution >= 0.6 is 23.2 Å². The Morgan fingerprint density at radius 2 is 1.50 bits per heavy atom. The van der Waals surface area contributed by atoms with Crippen LogP contribution in [0.25, 0.3) is 0 Å². The number of hydrogen-bond acceptors (Lipinski definition) is 8. The van der Waals surface area contributed by atoms with Crippen LogP contribution in [0.3, 0.4) is 0 Å². The average molecular weight is 766 g/mol. The van der Waals surface area contributed by atoms with E-state index >= 15 is 8.78 Å². The smallest absolute Gasteiger partial charge is 0.269 e. The Hall–Kier alpha value is -5.09. The molecule has 3 aromatic rings. The van der Waals surface area contributed by atoms with Crippen LogP contribution in [0.1, 0.15) is 31.2 Å². The van der Waals surface area contributed by atoms with E-state index < -0.39 is 103 Å². The molecule has 2 heterocycles. The lowest BCUT2D eigenvalue weighted by Crippen LogP contribution is -2.60. The number of halogens is 7. The van der Waals surface area contributed by atoms with Crippen molar-refractivity contribution in [3.63, 3.8) is 0 Å². The number of nitro groups is 1. The van der Waals surface area contributed by atoms with Crippen molar-refractivity contribution in [3.8, 4) is 11.5 Å². The molecule has 4 amide bonds. The van der Waals surface area contributed by atoms with Crippen molar-refractivity contribution in [1.82, 2.24) is 0 Å². The number of nitrogens with zero attached hydrogens (tertiary/aromatic N) is 3. The zero-order chi connectivity index (χ0) is 37.8. The topological polar surface area (TPSA) is 147 Å². The van der Waals surface area contributed by atoms with Crippen LogP contribution in [0, 0.1) is 57.0 Å². The Kier molecular flexibility index (Phi) is 8.14. The largest absolute Gasteiger partial charge is 0.504 e. The molecule has 0 unspecified atom stereocenters. The summed E-state index contributed by atoms with van der Waals surface area (Å²) in [7, 11) is 0. The van der Waals surface area contributed by atoms with E-state index in [1.165, 1.54) is 30.3 Å². The van der Waals surface area contributed by atoms with Crippen molar-refractivity contribution in [2.24, 2.45) is 17.8 Å². The number of non-ortho nitro benzene ring substituents is 1. The van der Waals surface area contributed by atoms with Crippen molar-refractivity contribution in [1.29, 1.82) is 0 Å². The molecule has 1 saturated carbocycles. The first-order chi connectivity index (χ1) is 24.5. The fraction of sp³-hybridized carbons (Fsp3) is 0.294. The zero-order valence-corrected chi connectivity index (χ0v) is 27.9. The monoisotopic (exact) mass is 765 g/mol. The predicted octanol–water partition coefficient (Wildman–Crippen LogP) is 6.16. The molecule has 2 aliphatic carbocycles. The van der Waals surface area contributed by atoms with E-state index in [4.69, 9.17) is 27.9 Å². The number of aromatic hydroxyl groups is 1. The quantitative estimate of drug-likeness (QED) is 0.0459. The molecule has 270 valence electrons. The first-order valence-corrected chi connectivity index (χ1v) is 16.3. The number of phenols is 1. The highest BCUT2D eigenvalue weighted by molar-refractivity contribution is 6.58. The highest BCUT2D eigenvalue weighted by atomic mass is 35.5. The Labute approximate surface area is 299 Å². The fourth-order valence-electron chi connectivity index (χ4n) is 7.90. The number of benzene rings is 3. The minimum atomic E-state index is -2.76. The van der Waals surface area contributed by atoms with Gasteiger partial charge in [-0.3, -0.25) is 34.2 Å². The molecule has 0 bridgehead atoms. The van der Waals surface area contributed by atoms with Gasteiger partial charge in [-0.1, -0.05) is 17.7 Å². The number of carbonyl (C=O) groups excluding carboxylic acids is 4. The van der Waals surface area contributed by atoms with Gasteiger partial charge in [0, 0.05) is 18.1 Å². The van der Waals surface area contributed by atoms with Gasteiger partial charge in [-0.25, -0.2) is 26.9 Å². The Bertz CT molecular complexity index is 2160. The SMILES string of the molecule is CCOc1cc([C@H]2C3=CC[C@@H]4C(=O)N(c5ccc([N+](=O)[O-])cc5)C(=O)[C@@H]4[C@@H]3C[C@@]3(Cl)C(=O)N(c4c(F)c(F)c(F)c(F)c4F)C(=O)[C@@]23Cl)ccc1O. The molecule has 0 aromatic heterocycles. The van der Waals surface area contributed by atoms with Gasteiger partial charge < -0.3 is 9.84 Å².